The van der Waals surface area contributed by atoms with Crippen molar-refractivity contribution in [2.45, 2.75) is 52.6 Å². The highest BCUT2D eigenvalue weighted by Gasteiger charge is 2.04. The van der Waals surface area contributed by atoms with Gasteiger partial charge in [0.15, 0.2) is 0 Å². The van der Waals surface area contributed by atoms with Crippen molar-refractivity contribution in [1.29, 1.82) is 0 Å². The maximum Gasteiger partial charge on any atom is 0.306 e. The zero-order valence-electron chi connectivity index (χ0n) is 9.01. The first-order valence-corrected chi connectivity index (χ1v) is 5.05. The van der Waals surface area contributed by atoms with Gasteiger partial charge in [0.1, 0.15) is 0 Å². The third-order valence-electron chi connectivity index (χ3n) is 1.75. The van der Waals surface area contributed by atoms with E-state index in [1.165, 1.54) is 6.42 Å². The summed E-state index contributed by atoms with van der Waals surface area (Å²) in [6.07, 6.45) is 3.54. The third kappa shape index (κ3) is 9.38. The van der Waals surface area contributed by atoms with Crippen LogP contribution in [0.25, 0.3) is 0 Å². The van der Waals surface area contributed by atoms with Crippen LogP contribution in [0, 0.1) is 12.8 Å². The zero-order chi connectivity index (χ0) is 10.3. The molecule has 1 radical (unpaired) electrons. The maximum absolute atomic E-state index is 11.0. The van der Waals surface area contributed by atoms with E-state index in [0.717, 1.165) is 18.8 Å². The van der Waals surface area contributed by atoms with Gasteiger partial charge >= 0.3 is 5.97 Å². The highest BCUT2D eigenvalue weighted by molar-refractivity contribution is 5.69. The van der Waals surface area contributed by atoms with Crippen molar-refractivity contribution < 1.29 is 9.53 Å². The zero-order valence-corrected chi connectivity index (χ0v) is 9.01. The number of rotatable bonds is 6. The highest BCUT2D eigenvalue weighted by atomic mass is 16.5. The molecule has 0 saturated heterocycles. The maximum atomic E-state index is 11.0. The molecule has 0 fully saturated rings. The van der Waals surface area contributed by atoms with Crippen LogP contribution in [0.15, 0.2) is 0 Å². The molecule has 0 aliphatic heterocycles. The molecule has 0 saturated carbocycles. The van der Waals surface area contributed by atoms with Crippen LogP contribution in [-0.4, -0.2) is 12.1 Å². The Labute approximate surface area is 81.7 Å². The number of esters is 1. The highest BCUT2D eigenvalue weighted by Crippen LogP contribution is 2.08. The van der Waals surface area contributed by atoms with Crippen LogP contribution in [0.3, 0.4) is 0 Å². The lowest BCUT2D eigenvalue weighted by molar-refractivity contribution is -0.146. The lowest BCUT2D eigenvalue weighted by Gasteiger charge is -2.07. The standard InChI is InChI=1S/C11H21O2/c1-9(2)7-5-6-8-11(12)13-10(3)4/h9-10H,3,5-8H2,1-2,4H3. The van der Waals surface area contributed by atoms with Gasteiger partial charge in [0.25, 0.3) is 0 Å². The Morgan fingerprint density at radius 2 is 1.92 bits per heavy atom. The van der Waals surface area contributed by atoms with E-state index >= 15 is 0 Å². The lowest BCUT2D eigenvalue weighted by atomic mass is 10.1. The van der Waals surface area contributed by atoms with Gasteiger partial charge in [0.05, 0.1) is 6.10 Å². The van der Waals surface area contributed by atoms with Crippen LogP contribution in [0.5, 0.6) is 0 Å². The van der Waals surface area contributed by atoms with Gasteiger partial charge in [0.2, 0.25) is 0 Å². The average molecular weight is 185 g/mol. The van der Waals surface area contributed by atoms with Crippen molar-refractivity contribution >= 4 is 5.97 Å². The number of hydrogen-bond acceptors (Lipinski definition) is 2. The molecule has 0 N–H and O–H groups in total. The Morgan fingerprint density at radius 3 is 2.38 bits per heavy atom. The third-order valence-corrected chi connectivity index (χ3v) is 1.75. The summed E-state index contributed by atoms with van der Waals surface area (Å²) in [5.74, 6) is 0.606. The van der Waals surface area contributed by atoms with E-state index in [-0.39, 0.29) is 12.1 Å². The summed E-state index contributed by atoms with van der Waals surface area (Å²) in [5, 5.41) is 0. The van der Waals surface area contributed by atoms with Gasteiger partial charge in [-0.2, -0.15) is 0 Å². The van der Waals surface area contributed by atoms with Crippen LogP contribution in [-0.2, 0) is 9.53 Å². The lowest BCUT2D eigenvalue weighted by Crippen LogP contribution is -2.11. The quantitative estimate of drug-likeness (QED) is 0.469. The first-order chi connectivity index (χ1) is 6.02. The Hall–Kier alpha value is -0.530. The molecule has 0 spiro atoms. The van der Waals surface area contributed by atoms with E-state index in [2.05, 4.69) is 20.8 Å². The van der Waals surface area contributed by atoms with Crippen molar-refractivity contribution in [3.63, 3.8) is 0 Å². The van der Waals surface area contributed by atoms with Crippen LogP contribution in [0.1, 0.15) is 46.5 Å². The number of unbranched alkanes of at least 4 members (excludes halogenated alkanes) is 1. The predicted molar refractivity (Wildman–Crippen MR) is 54.2 cm³/mol. The molecule has 0 aromatic rings. The molecule has 0 aromatic heterocycles. The van der Waals surface area contributed by atoms with Gasteiger partial charge in [-0.15, -0.1) is 0 Å². The topological polar surface area (TPSA) is 26.3 Å². The summed E-state index contributed by atoms with van der Waals surface area (Å²) in [7, 11) is 0. The number of ether oxygens (including phenoxy) is 1. The molecule has 0 heterocycles. The molecule has 0 bridgehead atoms. The first-order valence-electron chi connectivity index (χ1n) is 5.05. The molecule has 13 heavy (non-hydrogen) atoms. The summed E-state index contributed by atoms with van der Waals surface area (Å²) in [5.41, 5.74) is 0. The molecule has 77 valence electrons. The number of carbonyl (C=O) groups excluding carboxylic acids is 1. The fourth-order valence-electron chi connectivity index (χ4n) is 1.11. The molecule has 1 atom stereocenters. The normalized spacial score (nSPS) is 10.9. The summed E-state index contributed by atoms with van der Waals surface area (Å²) in [6.45, 7) is 9.74. The van der Waals surface area contributed by atoms with E-state index in [9.17, 15) is 4.79 Å². The second kappa shape index (κ2) is 6.93. The Morgan fingerprint density at radius 1 is 1.31 bits per heavy atom. The van der Waals surface area contributed by atoms with Gasteiger partial charge in [-0.1, -0.05) is 26.7 Å². The Balaban J connectivity index is 3.27. The predicted octanol–water partition coefficient (Wildman–Crippen LogP) is 2.97. The molecule has 0 rings (SSSR count). The van der Waals surface area contributed by atoms with Gasteiger partial charge < -0.3 is 4.74 Å². The second-order valence-electron chi connectivity index (χ2n) is 3.94. The second-order valence-corrected chi connectivity index (χ2v) is 3.94. The SMILES string of the molecule is [CH2]C(C)OC(=O)CCCCC(C)C. The minimum Gasteiger partial charge on any atom is -0.463 e. The van der Waals surface area contributed by atoms with E-state index in [1.807, 2.05) is 0 Å². The van der Waals surface area contributed by atoms with Crippen LogP contribution >= 0.6 is 0 Å². The van der Waals surface area contributed by atoms with Crippen molar-refractivity contribution in [3.05, 3.63) is 6.92 Å². The van der Waals surface area contributed by atoms with Crippen molar-refractivity contribution in [2.75, 3.05) is 0 Å². The fourth-order valence-corrected chi connectivity index (χ4v) is 1.11. The summed E-state index contributed by atoms with van der Waals surface area (Å²) < 4.78 is 4.91. The Bertz CT molecular complexity index is 139. The van der Waals surface area contributed by atoms with Crippen molar-refractivity contribution in [1.82, 2.24) is 0 Å². The molecule has 0 amide bonds. The molecule has 0 aromatic carbocycles. The van der Waals surface area contributed by atoms with E-state index in [0.29, 0.717) is 6.42 Å². The molecular weight excluding hydrogens is 164 g/mol. The molecule has 0 aliphatic carbocycles. The van der Waals surface area contributed by atoms with E-state index in [4.69, 9.17) is 4.74 Å². The van der Waals surface area contributed by atoms with Crippen molar-refractivity contribution in [3.8, 4) is 0 Å². The monoisotopic (exact) mass is 185 g/mol. The summed E-state index contributed by atoms with van der Waals surface area (Å²) >= 11 is 0. The molecule has 2 heteroatoms. The number of hydrogen-bond donors (Lipinski definition) is 0. The molecular formula is C11H21O2. The van der Waals surface area contributed by atoms with Crippen LogP contribution in [0.4, 0.5) is 0 Å². The van der Waals surface area contributed by atoms with Gasteiger partial charge in [0, 0.05) is 6.42 Å². The van der Waals surface area contributed by atoms with Gasteiger partial charge in [-0.3, -0.25) is 4.79 Å². The van der Waals surface area contributed by atoms with Crippen molar-refractivity contribution in [2.24, 2.45) is 5.92 Å². The van der Waals surface area contributed by atoms with Crippen LogP contribution in [0.2, 0.25) is 0 Å². The smallest absolute Gasteiger partial charge is 0.306 e. The Kier molecular flexibility index (Phi) is 6.65. The first kappa shape index (κ1) is 12.5. The summed E-state index contributed by atoms with van der Waals surface area (Å²) in [6, 6.07) is 0. The largest absolute Gasteiger partial charge is 0.463 e. The van der Waals surface area contributed by atoms with Crippen LogP contribution < -0.4 is 0 Å². The molecule has 2 nitrogen and oxygen atoms in total. The molecule has 1 unspecified atom stereocenters. The minimum absolute atomic E-state index is 0.119. The van der Waals surface area contributed by atoms with Gasteiger partial charge in [-0.25, -0.2) is 0 Å². The summed E-state index contributed by atoms with van der Waals surface area (Å²) in [4.78, 5) is 11.0. The van der Waals surface area contributed by atoms with E-state index in [1.54, 1.807) is 6.92 Å². The fraction of sp³-hybridized carbons (Fsp3) is 0.818. The van der Waals surface area contributed by atoms with Gasteiger partial charge in [-0.05, 0) is 26.2 Å². The molecule has 0 aliphatic rings. The average Bonchev–Trinajstić information content (AvgIpc) is 1.96. The van der Waals surface area contributed by atoms with E-state index < -0.39 is 0 Å². The number of carbonyl (C=O) groups is 1. The minimum atomic E-state index is -0.224.